The van der Waals surface area contributed by atoms with Crippen LogP contribution in [-0.2, 0) is 6.42 Å². The van der Waals surface area contributed by atoms with Crippen molar-refractivity contribution >= 4 is 11.6 Å². The van der Waals surface area contributed by atoms with Crippen LogP contribution in [0.3, 0.4) is 0 Å². The molecule has 4 rings (SSSR count). The van der Waals surface area contributed by atoms with E-state index in [1.807, 2.05) is 18.2 Å². The maximum Gasteiger partial charge on any atom is 0.161 e. The van der Waals surface area contributed by atoms with E-state index in [0.717, 1.165) is 35.1 Å². The van der Waals surface area contributed by atoms with Crippen LogP contribution in [0.1, 0.15) is 22.7 Å². The Morgan fingerprint density at radius 3 is 2.57 bits per heavy atom. The second kappa shape index (κ2) is 5.24. The highest BCUT2D eigenvalue weighted by Gasteiger charge is 2.26. The maximum absolute atomic E-state index is 6.37. The molecule has 0 bridgehead atoms. The highest BCUT2D eigenvalue weighted by Crippen LogP contribution is 2.40. The second-order valence-electron chi connectivity index (χ2n) is 5.35. The Morgan fingerprint density at radius 2 is 1.76 bits per heavy atom. The monoisotopic (exact) mass is 301 g/mol. The number of hydrogen-bond donors (Lipinski definition) is 1. The first-order valence-electron chi connectivity index (χ1n) is 7.23. The minimum atomic E-state index is 0.110. The van der Waals surface area contributed by atoms with E-state index in [-0.39, 0.29) is 6.04 Å². The van der Waals surface area contributed by atoms with Gasteiger partial charge in [0.15, 0.2) is 11.5 Å². The summed E-state index contributed by atoms with van der Waals surface area (Å²) in [6.45, 7) is 2.16. The van der Waals surface area contributed by atoms with Crippen molar-refractivity contribution in [2.75, 3.05) is 19.8 Å². The molecule has 0 amide bonds. The van der Waals surface area contributed by atoms with Crippen LogP contribution in [0.2, 0.25) is 5.02 Å². The first kappa shape index (κ1) is 13.0. The van der Waals surface area contributed by atoms with E-state index in [1.165, 1.54) is 11.1 Å². The van der Waals surface area contributed by atoms with Crippen molar-refractivity contribution in [2.24, 2.45) is 0 Å². The third kappa shape index (κ3) is 2.27. The van der Waals surface area contributed by atoms with Crippen molar-refractivity contribution < 1.29 is 9.47 Å². The van der Waals surface area contributed by atoms with E-state index in [0.29, 0.717) is 13.2 Å². The van der Waals surface area contributed by atoms with Gasteiger partial charge in [0.05, 0.1) is 6.04 Å². The largest absolute Gasteiger partial charge is 0.486 e. The van der Waals surface area contributed by atoms with E-state index in [9.17, 15) is 0 Å². The lowest BCUT2D eigenvalue weighted by Crippen LogP contribution is -2.31. The Bertz CT molecular complexity index is 686. The molecule has 0 saturated carbocycles. The molecule has 0 fully saturated rings. The Balaban J connectivity index is 1.82. The molecule has 4 heteroatoms. The summed E-state index contributed by atoms with van der Waals surface area (Å²) in [7, 11) is 0. The molecular weight excluding hydrogens is 286 g/mol. The summed E-state index contributed by atoms with van der Waals surface area (Å²) >= 11 is 6.37. The Kier molecular flexibility index (Phi) is 3.24. The number of fused-ring (bicyclic) bond motifs is 2. The number of halogens is 1. The van der Waals surface area contributed by atoms with Gasteiger partial charge >= 0.3 is 0 Å². The van der Waals surface area contributed by atoms with Gasteiger partial charge in [-0.05, 0) is 41.3 Å². The van der Waals surface area contributed by atoms with Crippen molar-refractivity contribution in [3.63, 3.8) is 0 Å². The third-order valence-electron chi connectivity index (χ3n) is 4.07. The Morgan fingerprint density at radius 1 is 1.00 bits per heavy atom. The number of benzene rings is 2. The van der Waals surface area contributed by atoms with E-state index >= 15 is 0 Å². The van der Waals surface area contributed by atoms with Crippen LogP contribution in [0, 0.1) is 0 Å². The third-order valence-corrected chi connectivity index (χ3v) is 4.42. The predicted octanol–water partition coefficient (Wildman–Crippen LogP) is 3.35. The molecule has 0 radical (unpaired) electrons. The van der Waals surface area contributed by atoms with Gasteiger partial charge in [-0.1, -0.05) is 29.8 Å². The summed E-state index contributed by atoms with van der Waals surface area (Å²) in [5, 5.41) is 4.35. The minimum Gasteiger partial charge on any atom is -0.486 e. The van der Waals surface area contributed by atoms with Gasteiger partial charge < -0.3 is 14.8 Å². The molecule has 2 aliphatic heterocycles. The standard InChI is InChI=1S/C17H16ClNO2/c18-14-4-2-1-3-12(14)17-13-10-16-15(20-7-8-21-16)9-11(13)5-6-19-17/h1-4,9-10,17,19H,5-8H2. The first-order valence-corrected chi connectivity index (χ1v) is 7.61. The maximum atomic E-state index is 6.37. The molecular formula is C17H16ClNO2. The zero-order valence-electron chi connectivity index (χ0n) is 11.6. The van der Waals surface area contributed by atoms with E-state index in [1.54, 1.807) is 0 Å². The first-order chi connectivity index (χ1) is 10.3. The summed E-state index contributed by atoms with van der Waals surface area (Å²) < 4.78 is 11.4. The summed E-state index contributed by atoms with van der Waals surface area (Å²) in [6.07, 6.45) is 0.993. The lowest BCUT2D eigenvalue weighted by molar-refractivity contribution is 0.171. The van der Waals surface area contributed by atoms with Crippen molar-refractivity contribution in [3.05, 3.63) is 58.1 Å². The summed E-state index contributed by atoms with van der Waals surface area (Å²) in [5.74, 6) is 1.69. The van der Waals surface area contributed by atoms with E-state index in [4.69, 9.17) is 21.1 Å². The van der Waals surface area contributed by atoms with E-state index < -0.39 is 0 Å². The van der Waals surface area contributed by atoms with Crippen LogP contribution in [0.5, 0.6) is 11.5 Å². The SMILES string of the molecule is Clc1ccccc1C1NCCc2cc3c(cc21)OCCO3. The normalized spacial score (nSPS) is 20.0. The van der Waals surface area contributed by atoms with Crippen LogP contribution in [0.25, 0.3) is 0 Å². The van der Waals surface area contributed by atoms with Crippen LogP contribution >= 0.6 is 11.6 Å². The summed E-state index contributed by atoms with van der Waals surface area (Å²) in [6, 6.07) is 12.3. The highest BCUT2D eigenvalue weighted by atomic mass is 35.5. The molecule has 1 atom stereocenters. The molecule has 108 valence electrons. The molecule has 2 aliphatic rings. The van der Waals surface area contributed by atoms with Gasteiger partial charge in [0.1, 0.15) is 13.2 Å². The zero-order chi connectivity index (χ0) is 14.2. The van der Waals surface area contributed by atoms with Gasteiger partial charge in [0, 0.05) is 11.6 Å². The minimum absolute atomic E-state index is 0.110. The molecule has 0 saturated heterocycles. The Hall–Kier alpha value is -1.71. The van der Waals surface area contributed by atoms with Crippen molar-refractivity contribution in [1.29, 1.82) is 0 Å². The molecule has 2 aromatic rings. The van der Waals surface area contributed by atoms with Crippen molar-refractivity contribution in [3.8, 4) is 11.5 Å². The number of ether oxygens (including phenoxy) is 2. The van der Waals surface area contributed by atoms with Gasteiger partial charge in [-0.15, -0.1) is 0 Å². The second-order valence-corrected chi connectivity index (χ2v) is 5.76. The lowest BCUT2D eigenvalue weighted by Gasteiger charge is -2.30. The molecule has 0 spiro atoms. The van der Waals surface area contributed by atoms with Gasteiger partial charge in [-0.3, -0.25) is 0 Å². The molecule has 1 N–H and O–H groups in total. The fourth-order valence-electron chi connectivity index (χ4n) is 3.08. The van der Waals surface area contributed by atoms with Gasteiger partial charge in [-0.25, -0.2) is 0 Å². The highest BCUT2D eigenvalue weighted by molar-refractivity contribution is 6.31. The van der Waals surface area contributed by atoms with Crippen molar-refractivity contribution in [1.82, 2.24) is 5.32 Å². The number of nitrogens with one attached hydrogen (secondary N) is 1. The molecule has 0 aromatic heterocycles. The van der Waals surface area contributed by atoms with Crippen LogP contribution in [-0.4, -0.2) is 19.8 Å². The molecule has 3 nitrogen and oxygen atoms in total. The van der Waals surface area contributed by atoms with Gasteiger partial charge in [0.25, 0.3) is 0 Å². The summed E-state index contributed by atoms with van der Waals surface area (Å²) in [4.78, 5) is 0. The summed E-state index contributed by atoms with van der Waals surface area (Å²) in [5.41, 5.74) is 3.65. The van der Waals surface area contributed by atoms with Crippen LogP contribution in [0.4, 0.5) is 0 Å². The van der Waals surface area contributed by atoms with Crippen molar-refractivity contribution in [2.45, 2.75) is 12.5 Å². The average Bonchev–Trinajstić information content (AvgIpc) is 2.53. The lowest BCUT2D eigenvalue weighted by atomic mass is 9.89. The molecule has 1 unspecified atom stereocenters. The van der Waals surface area contributed by atoms with Crippen LogP contribution < -0.4 is 14.8 Å². The smallest absolute Gasteiger partial charge is 0.161 e. The molecule has 0 aliphatic carbocycles. The zero-order valence-corrected chi connectivity index (χ0v) is 12.3. The fraction of sp³-hybridized carbons (Fsp3) is 0.294. The number of hydrogen-bond acceptors (Lipinski definition) is 3. The molecule has 21 heavy (non-hydrogen) atoms. The quantitative estimate of drug-likeness (QED) is 0.876. The van der Waals surface area contributed by atoms with E-state index in [2.05, 4.69) is 23.5 Å². The average molecular weight is 302 g/mol. The predicted molar refractivity (Wildman–Crippen MR) is 82.4 cm³/mol. The fourth-order valence-corrected chi connectivity index (χ4v) is 3.32. The Labute approximate surface area is 128 Å². The topological polar surface area (TPSA) is 30.5 Å². The molecule has 2 aromatic carbocycles. The van der Waals surface area contributed by atoms with Crippen LogP contribution in [0.15, 0.2) is 36.4 Å². The number of rotatable bonds is 1. The van der Waals surface area contributed by atoms with Gasteiger partial charge in [0.2, 0.25) is 0 Å². The molecule has 2 heterocycles. The van der Waals surface area contributed by atoms with Gasteiger partial charge in [-0.2, -0.15) is 0 Å².